The van der Waals surface area contributed by atoms with Gasteiger partial charge in [0.25, 0.3) is 0 Å². The van der Waals surface area contributed by atoms with Gasteiger partial charge < -0.3 is 14.6 Å². The molecule has 2 atom stereocenters. The Kier molecular flexibility index (Phi) is 4.71. The van der Waals surface area contributed by atoms with Gasteiger partial charge in [-0.2, -0.15) is 8.78 Å². The summed E-state index contributed by atoms with van der Waals surface area (Å²) < 4.78 is 34.5. The van der Waals surface area contributed by atoms with Crippen molar-refractivity contribution in [2.24, 2.45) is 5.92 Å². The van der Waals surface area contributed by atoms with Gasteiger partial charge in [-0.25, -0.2) is 0 Å². The number of hydrogen-bond donors (Lipinski definition) is 1. The van der Waals surface area contributed by atoms with Crippen LogP contribution in [0.4, 0.5) is 8.78 Å². The van der Waals surface area contributed by atoms with Crippen molar-refractivity contribution in [3.63, 3.8) is 0 Å². The van der Waals surface area contributed by atoms with Gasteiger partial charge in [0.1, 0.15) is 11.5 Å². The maximum Gasteiger partial charge on any atom is 0.387 e. The molecule has 0 saturated carbocycles. The second-order valence-corrected chi connectivity index (χ2v) is 6.29. The predicted molar refractivity (Wildman–Crippen MR) is 76.0 cm³/mol. The minimum absolute atomic E-state index is 0.117. The number of alkyl halides is 2. The summed E-state index contributed by atoms with van der Waals surface area (Å²) in [5, 5.41) is 9.82. The monoisotopic (exact) mass is 300 g/mol. The second kappa shape index (κ2) is 6.18. The third kappa shape index (κ3) is 4.30. The fourth-order valence-corrected chi connectivity index (χ4v) is 2.66. The van der Waals surface area contributed by atoms with Crippen LogP contribution in [0.25, 0.3) is 0 Å². The second-order valence-electron chi connectivity index (χ2n) is 6.29. The van der Waals surface area contributed by atoms with Crippen LogP contribution >= 0.6 is 0 Å². The van der Waals surface area contributed by atoms with Crippen molar-refractivity contribution in [1.82, 2.24) is 0 Å². The molecule has 21 heavy (non-hydrogen) atoms. The average molecular weight is 300 g/mol. The lowest BCUT2D eigenvalue weighted by Gasteiger charge is -2.33. The maximum atomic E-state index is 12.2. The average Bonchev–Trinajstić information content (AvgIpc) is 2.36. The van der Waals surface area contributed by atoms with Gasteiger partial charge in [-0.3, -0.25) is 0 Å². The van der Waals surface area contributed by atoms with Crippen molar-refractivity contribution < 1.29 is 23.4 Å². The Labute approximate surface area is 123 Å². The number of ether oxygens (including phenoxy) is 2. The Morgan fingerprint density at radius 3 is 2.76 bits per heavy atom. The van der Waals surface area contributed by atoms with Crippen molar-refractivity contribution in [3.05, 3.63) is 23.8 Å². The molecule has 5 heteroatoms. The molecule has 1 aromatic rings. The molecule has 2 rings (SSSR count). The summed E-state index contributed by atoms with van der Waals surface area (Å²) in [6.45, 7) is 3.39. The SMILES string of the molecule is C[C@H]1c2ccc(OC(F)F)cc2OC[C@H]1CCC(C)(C)O. The van der Waals surface area contributed by atoms with E-state index in [9.17, 15) is 13.9 Å². The molecule has 0 bridgehead atoms. The molecule has 1 aromatic carbocycles. The highest BCUT2D eigenvalue weighted by Gasteiger charge is 2.29. The number of halogens is 2. The summed E-state index contributed by atoms with van der Waals surface area (Å²) in [6.07, 6.45) is 1.56. The molecule has 0 radical (unpaired) electrons. The quantitative estimate of drug-likeness (QED) is 0.895. The maximum absolute atomic E-state index is 12.2. The zero-order chi connectivity index (χ0) is 15.6. The van der Waals surface area contributed by atoms with E-state index < -0.39 is 12.2 Å². The van der Waals surface area contributed by atoms with Gasteiger partial charge in [0, 0.05) is 6.07 Å². The molecule has 118 valence electrons. The molecule has 0 aromatic heterocycles. The van der Waals surface area contributed by atoms with E-state index in [1.807, 2.05) is 0 Å². The Morgan fingerprint density at radius 2 is 2.14 bits per heavy atom. The van der Waals surface area contributed by atoms with Gasteiger partial charge in [0.05, 0.1) is 12.2 Å². The molecule has 1 N–H and O–H groups in total. The van der Waals surface area contributed by atoms with Gasteiger partial charge in [-0.15, -0.1) is 0 Å². The van der Waals surface area contributed by atoms with E-state index in [2.05, 4.69) is 11.7 Å². The first-order valence-electron chi connectivity index (χ1n) is 7.20. The lowest BCUT2D eigenvalue weighted by molar-refractivity contribution is -0.0500. The number of aliphatic hydroxyl groups is 1. The van der Waals surface area contributed by atoms with Crippen LogP contribution in [0.3, 0.4) is 0 Å². The van der Waals surface area contributed by atoms with Gasteiger partial charge in [-0.1, -0.05) is 13.0 Å². The van der Waals surface area contributed by atoms with Crippen molar-refractivity contribution in [1.29, 1.82) is 0 Å². The van der Waals surface area contributed by atoms with E-state index in [-0.39, 0.29) is 11.7 Å². The van der Waals surface area contributed by atoms with Crippen LogP contribution in [-0.2, 0) is 0 Å². The molecular weight excluding hydrogens is 278 g/mol. The first-order chi connectivity index (χ1) is 9.76. The zero-order valence-electron chi connectivity index (χ0n) is 12.6. The number of benzene rings is 1. The Hall–Kier alpha value is -1.36. The van der Waals surface area contributed by atoms with Crippen LogP contribution in [0.2, 0.25) is 0 Å². The van der Waals surface area contributed by atoms with Crippen LogP contribution in [0.15, 0.2) is 18.2 Å². The molecule has 0 unspecified atom stereocenters. The molecule has 0 fully saturated rings. The number of hydrogen-bond acceptors (Lipinski definition) is 3. The van der Waals surface area contributed by atoms with Crippen molar-refractivity contribution in [2.75, 3.05) is 6.61 Å². The van der Waals surface area contributed by atoms with Gasteiger partial charge >= 0.3 is 6.61 Å². The van der Waals surface area contributed by atoms with Crippen LogP contribution in [0.5, 0.6) is 11.5 Å². The first-order valence-corrected chi connectivity index (χ1v) is 7.20. The molecule has 3 nitrogen and oxygen atoms in total. The van der Waals surface area contributed by atoms with Gasteiger partial charge in [0.15, 0.2) is 0 Å². The van der Waals surface area contributed by atoms with E-state index in [1.165, 1.54) is 6.07 Å². The van der Waals surface area contributed by atoms with Crippen LogP contribution in [0.1, 0.15) is 45.1 Å². The third-order valence-corrected chi connectivity index (χ3v) is 3.99. The lowest BCUT2D eigenvalue weighted by Crippen LogP contribution is -2.27. The molecular formula is C16H22F2O3. The summed E-state index contributed by atoms with van der Waals surface area (Å²) in [6, 6.07) is 4.85. The molecule has 1 aliphatic heterocycles. The van der Waals surface area contributed by atoms with E-state index in [1.54, 1.807) is 26.0 Å². The van der Waals surface area contributed by atoms with Crippen LogP contribution in [-0.4, -0.2) is 23.9 Å². The fraction of sp³-hybridized carbons (Fsp3) is 0.625. The molecule has 0 aliphatic carbocycles. The number of rotatable bonds is 5. The molecule has 0 spiro atoms. The fourth-order valence-electron chi connectivity index (χ4n) is 2.66. The topological polar surface area (TPSA) is 38.7 Å². The summed E-state index contributed by atoms with van der Waals surface area (Å²) in [4.78, 5) is 0. The minimum atomic E-state index is -2.83. The summed E-state index contributed by atoms with van der Waals surface area (Å²) >= 11 is 0. The normalized spacial score (nSPS) is 21.9. The Bertz CT molecular complexity index is 483. The van der Waals surface area contributed by atoms with Crippen molar-refractivity contribution in [2.45, 2.75) is 51.7 Å². The summed E-state index contributed by atoms with van der Waals surface area (Å²) in [5.74, 6) is 1.30. The van der Waals surface area contributed by atoms with Crippen molar-refractivity contribution >= 4 is 0 Å². The smallest absolute Gasteiger partial charge is 0.387 e. The minimum Gasteiger partial charge on any atom is -0.493 e. The highest BCUT2D eigenvalue weighted by molar-refractivity contribution is 5.44. The van der Waals surface area contributed by atoms with Gasteiger partial charge in [0.2, 0.25) is 0 Å². The summed E-state index contributed by atoms with van der Waals surface area (Å²) in [5.41, 5.74) is 0.318. The van der Waals surface area contributed by atoms with E-state index in [0.29, 0.717) is 24.7 Å². The highest BCUT2D eigenvalue weighted by Crippen LogP contribution is 2.41. The van der Waals surface area contributed by atoms with Crippen LogP contribution in [0, 0.1) is 5.92 Å². The van der Waals surface area contributed by atoms with E-state index >= 15 is 0 Å². The lowest BCUT2D eigenvalue weighted by atomic mass is 9.81. The zero-order valence-corrected chi connectivity index (χ0v) is 12.6. The highest BCUT2D eigenvalue weighted by atomic mass is 19.3. The standard InChI is InChI=1S/C16H22F2O3/c1-10-11(6-7-16(2,3)19)9-20-14-8-12(21-15(17)18)4-5-13(10)14/h4-5,8,10-11,15,19H,6-7,9H2,1-3H3/t10-,11-/m1/s1. The largest absolute Gasteiger partial charge is 0.493 e. The third-order valence-electron chi connectivity index (χ3n) is 3.99. The molecule has 0 saturated heterocycles. The first kappa shape index (κ1) is 16.0. The number of fused-ring (bicyclic) bond motifs is 1. The molecule has 1 heterocycles. The summed E-state index contributed by atoms with van der Waals surface area (Å²) in [7, 11) is 0. The Balaban J connectivity index is 2.07. The van der Waals surface area contributed by atoms with Crippen molar-refractivity contribution in [3.8, 4) is 11.5 Å². The van der Waals surface area contributed by atoms with Crippen LogP contribution < -0.4 is 9.47 Å². The Morgan fingerprint density at radius 1 is 1.43 bits per heavy atom. The molecule has 1 aliphatic rings. The van der Waals surface area contributed by atoms with E-state index in [0.717, 1.165) is 12.0 Å². The van der Waals surface area contributed by atoms with E-state index in [4.69, 9.17) is 4.74 Å². The molecule has 0 amide bonds. The predicted octanol–water partition coefficient (Wildman–Crippen LogP) is 3.95. The van der Waals surface area contributed by atoms with Gasteiger partial charge in [-0.05, 0) is 50.2 Å².